The predicted octanol–water partition coefficient (Wildman–Crippen LogP) is 2.65. The minimum atomic E-state index is -0.212. The number of methoxy groups -OCH3 is 1. The lowest BCUT2D eigenvalue weighted by molar-refractivity contribution is -0.105. The van der Waals surface area contributed by atoms with E-state index in [4.69, 9.17) is 21.1 Å². The van der Waals surface area contributed by atoms with Gasteiger partial charge in [-0.3, -0.25) is 10.2 Å². The zero-order chi connectivity index (χ0) is 24.2. The number of rotatable bonds is 8. The average Bonchev–Trinajstić information content (AvgIpc) is 2.83. The Labute approximate surface area is 191 Å². The zero-order valence-electron chi connectivity index (χ0n) is 18.2. The number of nitrogens with two attached hydrogens (primary N) is 1. The number of likely N-dealkylation sites (N-methyl/N-ethyl adjacent to an activating group) is 1. The first-order valence-electron chi connectivity index (χ1n) is 9.76. The Kier molecular flexibility index (Phi) is 9.57. The topological polar surface area (TPSA) is 150 Å². The van der Waals surface area contributed by atoms with Gasteiger partial charge in [-0.1, -0.05) is 12.1 Å². The Morgan fingerprint density at radius 2 is 2.00 bits per heavy atom. The third-order valence-corrected chi connectivity index (χ3v) is 4.53. The quantitative estimate of drug-likeness (QED) is 0.305. The summed E-state index contributed by atoms with van der Waals surface area (Å²) in [7, 11) is 3.50. The summed E-state index contributed by atoms with van der Waals surface area (Å²) in [5.74, 6) is 0.100. The fourth-order valence-corrected chi connectivity index (χ4v) is 2.79. The van der Waals surface area contributed by atoms with Crippen LogP contribution in [0.4, 0.5) is 15.9 Å². The van der Waals surface area contributed by atoms with E-state index in [1.807, 2.05) is 13.1 Å². The summed E-state index contributed by atoms with van der Waals surface area (Å²) in [6.07, 6.45) is 3.33. The number of carbonyl (C=O) groups excluding carboxylic acids is 1. The van der Waals surface area contributed by atoms with Crippen molar-refractivity contribution in [2.75, 3.05) is 31.8 Å². The minimum Gasteiger partial charge on any atom is -0.398 e. The van der Waals surface area contributed by atoms with Crippen molar-refractivity contribution in [2.45, 2.75) is 6.04 Å². The Balaban J connectivity index is 0.000000257. The monoisotopic (exact) mass is 449 g/mol. The van der Waals surface area contributed by atoms with Gasteiger partial charge in [0.05, 0.1) is 18.4 Å². The largest absolute Gasteiger partial charge is 0.398 e. The summed E-state index contributed by atoms with van der Waals surface area (Å²) in [4.78, 5) is 18.2. The van der Waals surface area contributed by atoms with Gasteiger partial charge in [0.1, 0.15) is 23.4 Å². The molecule has 33 heavy (non-hydrogen) atoms. The van der Waals surface area contributed by atoms with Gasteiger partial charge < -0.3 is 21.1 Å². The van der Waals surface area contributed by atoms with Gasteiger partial charge in [-0.25, -0.2) is 14.4 Å². The lowest BCUT2D eigenvalue weighted by Gasteiger charge is -2.15. The fourth-order valence-electron chi connectivity index (χ4n) is 2.79. The average molecular weight is 449 g/mol. The summed E-state index contributed by atoms with van der Waals surface area (Å²) in [5, 5.41) is 22.2. The number of pyridine rings is 2. The van der Waals surface area contributed by atoms with Crippen LogP contribution >= 0.6 is 0 Å². The van der Waals surface area contributed by atoms with Crippen molar-refractivity contribution >= 4 is 23.6 Å². The lowest BCUT2D eigenvalue weighted by Crippen LogP contribution is -2.20. The normalized spacial score (nSPS) is 10.8. The molecule has 0 spiro atoms. The molecule has 10 heteroatoms. The van der Waals surface area contributed by atoms with E-state index >= 15 is 0 Å². The molecule has 0 bridgehead atoms. The van der Waals surface area contributed by atoms with Gasteiger partial charge in [0.15, 0.2) is 0 Å². The number of hydrogen-bond acceptors (Lipinski definition) is 8. The van der Waals surface area contributed by atoms with Crippen molar-refractivity contribution in [3.05, 3.63) is 83.1 Å². The van der Waals surface area contributed by atoms with Crippen LogP contribution in [0.25, 0.3) is 0 Å². The van der Waals surface area contributed by atoms with Crippen LogP contribution in [0, 0.1) is 22.6 Å². The van der Waals surface area contributed by atoms with Crippen LogP contribution in [0.1, 0.15) is 28.4 Å². The molecule has 0 saturated heterocycles. The van der Waals surface area contributed by atoms with E-state index in [1.54, 1.807) is 25.3 Å². The first-order valence-corrected chi connectivity index (χ1v) is 9.76. The molecule has 0 saturated carbocycles. The van der Waals surface area contributed by atoms with Crippen LogP contribution in [0.3, 0.4) is 0 Å². The molecular weight excluding hydrogens is 425 g/mol. The van der Waals surface area contributed by atoms with E-state index in [9.17, 15) is 9.18 Å². The lowest BCUT2D eigenvalue weighted by atomic mass is 10.0. The van der Waals surface area contributed by atoms with Crippen LogP contribution in [0.5, 0.6) is 0 Å². The number of nitrogen functional groups attached to an aromatic ring is 1. The molecule has 1 amide bonds. The number of nitrogens with one attached hydrogen (secondary N) is 3. The van der Waals surface area contributed by atoms with Gasteiger partial charge in [-0.05, 0) is 36.9 Å². The molecule has 3 rings (SSSR count). The molecule has 2 aromatic heterocycles. The second kappa shape index (κ2) is 12.6. The number of anilines is 2. The molecule has 0 fully saturated rings. The van der Waals surface area contributed by atoms with Gasteiger partial charge in [0.2, 0.25) is 6.41 Å². The van der Waals surface area contributed by atoms with E-state index in [2.05, 4.69) is 20.6 Å². The highest BCUT2D eigenvalue weighted by molar-refractivity contribution is 6.13. The summed E-state index contributed by atoms with van der Waals surface area (Å²) in [6, 6.07) is 13.1. The third-order valence-electron chi connectivity index (χ3n) is 4.53. The summed E-state index contributed by atoms with van der Waals surface area (Å²) >= 11 is 0. The maximum atomic E-state index is 12.6. The summed E-state index contributed by atoms with van der Waals surface area (Å²) < 4.78 is 17.6. The number of benzene rings is 1. The molecule has 0 radical (unpaired) electrons. The SMILES string of the molecule is CNC(COC)c1ccc(F)cc1.N#Cc1ccc(C(=N)c2cnc(NC=O)cc2N)cn1. The molecule has 1 unspecified atom stereocenters. The van der Waals surface area contributed by atoms with Crippen LogP contribution < -0.4 is 16.4 Å². The van der Waals surface area contributed by atoms with Crippen molar-refractivity contribution in [1.29, 1.82) is 10.7 Å². The molecule has 5 N–H and O–H groups in total. The molecule has 1 atom stereocenters. The molecule has 0 aliphatic rings. The molecular formula is C23H24FN7O2. The molecule has 1 aromatic carbocycles. The van der Waals surface area contributed by atoms with E-state index in [-0.39, 0.29) is 23.3 Å². The van der Waals surface area contributed by atoms with Gasteiger partial charge in [-0.2, -0.15) is 5.26 Å². The van der Waals surface area contributed by atoms with E-state index in [0.717, 1.165) is 5.56 Å². The first-order chi connectivity index (χ1) is 15.9. The Hall–Kier alpha value is -4.20. The predicted molar refractivity (Wildman–Crippen MR) is 123 cm³/mol. The second-order valence-electron chi connectivity index (χ2n) is 6.69. The number of halogens is 1. The van der Waals surface area contributed by atoms with Gasteiger partial charge >= 0.3 is 0 Å². The van der Waals surface area contributed by atoms with Gasteiger partial charge in [0, 0.05) is 42.4 Å². The molecule has 0 aliphatic carbocycles. The smallest absolute Gasteiger partial charge is 0.212 e. The Morgan fingerprint density at radius 3 is 2.52 bits per heavy atom. The number of ether oxygens (including phenoxy) is 1. The van der Waals surface area contributed by atoms with Crippen LogP contribution in [0.2, 0.25) is 0 Å². The maximum absolute atomic E-state index is 12.6. The van der Waals surface area contributed by atoms with Crippen molar-refractivity contribution in [3.8, 4) is 6.07 Å². The number of nitrogens with zero attached hydrogens (tertiary/aromatic N) is 3. The van der Waals surface area contributed by atoms with E-state index in [1.165, 1.54) is 36.7 Å². The van der Waals surface area contributed by atoms with Crippen LogP contribution in [-0.4, -0.2) is 42.9 Å². The van der Waals surface area contributed by atoms with Crippen molar-refractivity contribution in [2.24, 2.45) is 0 Å². The van der Waals surface area contributed by atoms with Crippen molar-refractivity contribution in [1.82, 2.24) is 15.3 Å². The molecule has 3 aromatic rings. The molecule has 0 aliphatic heterocycles. The standard InChI is InChI=1S/C13H10N6O.C10H14FNO/c14-4-9-2-1-8(5-17-9)13(16)10-6-18-12(19-7-20)3-11(10)15;1-12-10(7-13-2)8-3-5-9(11)6-4-8/h1-3,5-7,16H,(H3,15,18,19,20);3-6,10,12H,7H2,1-2H3. The fraction of sp³-hybridized carbons (Fsp3) is 0.174. The highest BCUT2D eigenvalue weighted by Crippen LogP contribution is 2.18. The van der Waals surface area contributed by atoms with Gasteiger partial charge in [-0.15, -0.1) is 0 Å². The van der Waals surface area contributed by atoms with Crippen molar-refractivity contribution in [3.63, 3.8) is 0 Å². The van der Waals surface area contributed by atoms with Crippen molar-refractivity contribution < 1.29 is 13.9 Å². The Morgan fingerprint density at radius 1 is 1.27 bits per heavy atom. The zero-order valence-corrected chi connectivity index (χ0v) is 18.2. The van der Waals surface area contributed by atoms with Crippen LogP contribution in [0.15, 0.2) is 54.9 Å². The number of amides is 1. The highest BCUT2D eigenvalue weighted by atomic mass is 19.1. The number of aromatic nitrogens is 2. The van der Waals surface area contributed by atoms with E-state index in [0.29, 0.717) is 35.6 Å². The molecule has 2 heterocycles. The maximum Gasteiger partial charge on any atom is 0.212 e. The second-order valence-corrected chi connectivity index (χ2v) is 6.69. The number of hydrogen-bond donors (Lipinski definition) is 4. The summed E-state index contributed by atoms with van der Waals surface area (Å²) in [6.45, 7) is 0.585. The Bertz CT molecular complexity index is 1110. The highest BCUT2D eigenvalue weighted by Gasteiger charge is 2.11. The van der Waals surface area contributed by atoms with Crippen LogP contribution in [-0.2, 0) is 9.53 Å². The minimum absolute atomic E-state index is 0.130. The first kappa shape index (κ1) is 25.1. The number of carbonyl (C=O) groups is 1. The van der Waals surface area contributed by atoms with Gasteiger partial charge in [0.25, 0.3) is 0 Å². The summed E-state index contributed by atoms with van der Waals surface area (Å²) in [5.41, 5.74) is 8.55. The molecule has 9 nitrogen and oxygen atoms in total. The third kappa shape index (κ3) is 7.17. The molecule has 170 valence electrons. The number of nitriles is 1. The van der Waals surface area contributed by atoms with E-state index < -0.39 is 0 Å².